The Labute approximate surface area is 144 Å². The normalized spacial score (nSPS) is 21.9. The molecule has 0 aromatic heterocycles. The number of carbonyl (C=O) groups excluding carboxylic acids is 1. The van der Waals surface area contributed by atoms with Crippen LogP contribution in [0, 0.1) is 0 Å². The monoisotopic (exact) mass is 323 g/mol. The summed E-state index contributed by atoms with van der Waals surface area (Å²) in [5.74, 6) is -0.221. The van der Waals surface area contributed by atoms with Crippen LogP contribution in [0.1, 0.15) is 54.6 Å². The number of ether oxygens (including phenoxy) is 1. The van der Waals surface area contributed by atoms with Crippen LogP contribution in [0.3, 0.4) is 0 Å². The summed E-state index contributed by atoms with van der Waals surface area (Å²) in [5.41, 5.74) is 1.88. The fraction of sp³-hybridized carbons (Fsp3) is 0.381. The van der Waals surface area contributed by atoms with Crippen LogP contribution < -0.4 is 5.32 Å². The number of carbonyl (C=O) groups is 1. The summed E-state index contributed by atoms with van der Waals surface area (Å²) in [4.78, 5) is 12.4. The Kier molecular flexibility index (Phi) is 5.65. The van der Waals surface area contributed by atoms with Gasteiger partial charge in [0.05, 0.1) is 5.56 Å². The van der Waals surface area contributed by atoms with E-state index in [-0.39, 0.29) is 24.2 Å². The van der Waals surface area contributed by atoms with E-state index in [1.54, 1.807) is 12.1 Å². The molecule has 0 radical (unpaired) electrons. The van der Waals surface area contributed by atoms with Crippen molar-refractivity contribution in [2.24, 2.45) is 0 Å². The van der Waals surface area contributed by atoms with Crippen molar-refractivity contribution < 1.29 is 9.53 Å². The molecular weight excluding hydrogens is 298 g/mol. The Bertz CT molecular complexity index is 641. The number of hydrogen-bond donors (Lipinski definition) is 1. The van der Waals surface area contributed by atoms with Gasteiger partial charge in [0.1, 0.15) is 6.10 Å². The zero-order valence-corrected chi connectivity index (χ0v) is 14.2. The summed E-state index contributed by atoms with van der Waals surface area (Å²) in [6.07, 6.45) is 4.21. The number of hydrogen-bond acceptors (Lipinski definition) is 3. The minimum atomic E-state index is -0.221. The van der Waals surface area contributed by atoms with Gasteiger partial charge in [0.2, 0.25) is 0 Å². The lowest BCUT2D eigenvalue weighted by Gasteiger charge is -2.34. The molecule has 1 saturated carbocycles. The van der Waals surface area contributed by atoms with Gasteiger partial charge in [0, 0.05) is 12.1 Å². The molecule has 0 saturated heterocycles. The van der Waals surface area contributed by atoms with E-state index in [0.29, 0.717) is 5.56 Å². The van der Waals surface area contributed by atoms with Crippen molar-refractivity contribution in [1.29, 1.82) is 0 Å². The largest absolute Gasteiger partial charge is 0.457 e. The van der Waals surface area contributed by atoms with Crippen LogP contribution in [0.4, 0.5) is 0 Å². The van der Waals surface area contributed by atoms with Gasteiger partial charge in [-0.05, 0) is 43.9 Å². The van der Waals surface area contributed by atoms with Crippen molar-refractivity contribution in [3.63, 3.8) is 0 Å². The van der Waals surface area contributed by atoms with Gasteiger partial charge in [-0.3, -0.25) is 0 Å². The third-order valence-electron chi connectivity index (χ3n) is 4.73. The molecule has 3 atom stereocenters. The molecule has 0 spiro atoms. The molecule has 0 bridgehead atoms. The molecule has 2 aromatic carbocycles. The van der Waals surface area contributed by atoms with Gasteiger partial charge < -0.3 is 10.1 Å². The smallest absolute Gasteiger partial charge is 0.338 e. The van der Waals surface area contributed by atoms with Gasteiger partial charge in [0.15, 0.2) is 0 Å². The topological polar surface area (TPSA) is 38.3 Å². The molecule has 3 heteroatoms. The van der Waals surface area contributed by atoms with Gasteiger partial charge in [-0.1, -0.05) is 55.0 Å². The first-order valence-corrected chi connectivity index (χ1v) is 8.81. The van der Waals surface area contributed by atoms with Crippen molar-refractivity contribution in [2.45, 2.75) is 50.8 Å². The second-order valence-electron chi connectivity index (χ2n) is 6.50. The summed E-state index contributed by atoms with van der Waals surface area (Å²) >= 11 is 0. The Hall–Kier alpha value is -2.13. The Morgan fingerprint density at radius 2 is 1.62 bits per heavy atom. The highest BCUT2D eigenvalue weighted by Crippen LogP contribution is 2.25. The molecule has 2 aromatic rings. The molecule has 0 unspecified atom stereocenters. The van der Waals surface area contributed by atoms with E-state index in [9.17, 15) is 4.79 Å². The van der Waals surface area contributed by atoms with Crippen LogP contribution in [0.15, 0.2) is 60.7 Å². The minimum Gasteiger partial charge on any atom is -0.457 e. The fourth-order valence-electron chi connectivity index (χ4n) is 3.37. The number of benzene rings is 2. The summed E-state index contributed by atoms with van der Waals surface area (Å²) in [7, 11) is 0. The van der Waals surface area contributed by atoms with E-state index in [1.807, 2.05) is 24.3 Å². The van der Waals surface area contributed by atoms with E-state index in [0.717, 1.165) is 19.3 Å². The average Bonchev–Trinajstić information content (AvgIpc) is 2.64. The van der Waals surface area contributed by atoms with E-state index >= 15 is 0 Å². The molecule has 0 aliphatic heterocycles. The van der Waals surface area contributed by atoms with Gasteiger partial charge in [-0.15, -0.1) is 0 Å². The maximum Gasteiger partial charge on any atom is 0.338 e. The molecule has 3 nitrogen and oxygen atoms in total. The maximum absolute atomic E-state index is 12.4. The second kappa shape index (κ2) is 8.11. The van der Waals surface area contributed by atoms with Crippen molar-refractivity contribution in [1.82, 2.24) is 5.32 Å². The maximum atomic E-state index is 12.4. The van der Waals surface area contributed by atoms with Crippen LogP contribution in [-0.2, 0) is 4.74 Å². The summed E-state index contributed by atoms with van der Waals surface area (Å²) in [6.45, 7) is 2.17. The summed E-state index contributed by atoms with van der Waals surface area (Å²) < 4.78 is 5.83. The van der Waals surface area contributed by atoms with Crippen LogP contribution in [0.25, 0.3) is 0 Å². The zero-order valence-electron chi connectivity index (χ0n) is 14.2. The fourth-order valence-corrected chi connectivity index (χ4v) is 3.37. The highest BCUT2D eigenvalue weighted by Gasteiger charge is 2.29. The molecule has 1 aliphatic carbocycles. The lowest BCUT2D eigenvalue weighted by Crippen LogP contribution is -2.45. The molecule has 3 rings (SSSR count). The van der Waals surface area contributed by atoms with Crippen molar-refractivity contribution in [2.75, 3.05) is 0 Å². The first-order chi connectivity index (χ1) is 11.7. The van der Waals surface area contributed by atoms with E-state index in [2.05, 4.69) is 36.5 Å². The van der Waals surface area contributed by atoms with E-state index in [1.165, 1.54) is 12.0 Å². The summed E-state index contributed by atoms with van der Waals surface area (Å²) in [6, 6.07) is 20.1. The quantitative estimate of drug-likeness (QED) is 0.823. The Morgan fingerprint density at radius 1 is 1.00 bits per heavy atom. The second-order valence-corrected chi connectivity index (χ2v) is 6.50. The SMILES string of the molecule is C[C@@H](N[C@@H]1CCCC[C@H]1OC(=O)c1ccccc1)c1ccccc1. The predicted molar refractivity (Wildman–Crippen MR) is 95.9 cm³/mol. The third kappa shape index (κ3) is 4.24. The average molecular weight is 323 g/mol. The number of nitrogens with one attached hydrogen (secondary N) is 1. The molecule has 24 heavy (non-hydrogen) atoms. The zero-order chi connectivity index (χ0) is 16.8. The Balaban J connectivity index is 1.64. The van der Waals surface area contributed by atoms with E-state index < -0.39 is 0 Å². The first kappa shape index (κ1) is 16.7. The highest BCUT2D eigenvalue weighted by atomic mass is 16.5. The van der Waals surface area contributed by atoms with Crippen molar-refractivity contribution in [3.05, 3.63) is 71.8 Å². The van der Waals surface area contributed by atoms with Crippen molar-refractivity contribution >= 4 is 5.97 Å². The first-order valence-electron chi connectivity index (χ1n) is 8.81. The number of esters is 1. The molecule has 1 aliphatic rings. The standard InChI is InChI=1S/C21H25NO2/c1-16(17-10-4-2-5-11-17)22-19-14-8-9-15-20(19)24-21(23)18-12-6-3-7-13-18/h2-7,10-13,16,19-20,22H,8-9,14-15H2,1H3/t16-,19-,20-/m1/s1. The Morgan fingerprint density at radius 3 is 2.33 bits per heavy atom. The third-order valence-corrected chi connectivity index (χ3v) is 4.73. The van der Waals surface area contributed by atoms with Gasteiger partial charge in [-0.2, -0.15) is 0 Å². The minimum absolute atomic E-state index is 0.0578. The van der Waals surface area contributed by atoms with Gasteiger partial charge >= 0.3 is 5.97 Å². The van der Waals surface area contributed by atoms with E-state index in [4.69, 9.17) is 4.74 Å². The molecule has 126 valence electrons. The molecular formula is C21H25NO2. The van der Waals surface area contributed by atoms with Gasteiger partial charge in [-0.25, -0.2) is 4.79 Å². The molecule has 1 N–H and O–H groups in total. The molecule has 0 amide bonds. The van der Waals surface area contributed by atoms with Gasteiger partial charge in [0.25, 0.3) is 0 Å². The molecule has 0 heterocycles. The van der Waals surface area contributed by atoms with Crippen LogP contribution >= 0.6 is 0 Å². The van der Waals surface area contributed by atoms with Crippen LogP contribution in [0.2, 0.25) is 0 Å². The highest BCUT2D eigenvalue weighted by molar-refractivity contribution is 5.89. The molecule has 1 fully saturated rings. The summed E-state index contributed by atoms with van der Waals surface area (Å²) in [5, 5.41) is 3.66. The van der Waals surface area contributed by atoms with Crippen LogP contribution in [-0.4, -0.2) is 18.1 Å². The van der Waals surface area contributed by atoms with Crippen LogP contribution in [0.5, 0.6) is 0 Å². The number of rotatable bonds is 5. The lowest BCUT2D eigenvalue weighted by atomic mass is 9.91. The lowest BCUT2D eigenvalue weighted by molar-refractivity contribution is 0.00870. The van der Waals surface area contributed by atoms with Crippen molar-refractivity contribution in [3.8, 4) is 0 Å². The predicted octanol–water partition coefficient (Wildman–Crippen LogP) is 4.51.